The van der Waals surface area contributed by atoms with Crippen LogP contribution in [0.25, 0.3) is 0 Å². The smallest absolute Gasteiger partial charge is 0.0781 e. The van der Waals surface area contributed by atoms with Crippen molar-refractivity contribution in [2.24, 2.45) is 5.73 Å². The molecule has 2 unspecified atom stereocenters. The molecule has 1 aromatic carbocycles. The van der Waals surface area contributed by atoms with Crippen LogP contribution < -0.4 is 5.73 Å². The lowest BCUT2D eigenvalue weighted by Gasteiger charge is -2.16. The second-order valence-corrected chi connectivity index (χ2v) is 4.12. The number of hydrogen-bond donors (Lipinski definition) is 1. The Bertz CT molecular complexity index is 297. The third-order valence-corrected chi connectivity index (χ3v) is 2.47. The molecule has 0 fully saturated rings. The maximum Gasteiger partial charge on any atom is 0.0781 e. The minimum Gasteiger partial charge on any atom is -0.382 e. The van der Waals surface area contributed by atoms with Crippen LogP contribution >= 0.6 is 0 Å². The lowest BCUT2D eigenvalue weighted by atomic mass is 10.1. The molecule has 0 saturated heterocycles. The average Bonchev–Trinajstić information content (AvgIpc) is 2.27. The molecule has 2 atom stereocenters. The highest BCUT2D eigenvalue weighted by molar-refractivity contribution is 5.23. The van der Waals surface area contributed by atoms with Gasteiger partial charge in [-0.05, 0) is 19.4 Å². The lowest BCUT2D eigenvalue weighted by molar-refractivity contribution is 0.00328. The van der Waals surface area contributed by atoms with Crippen LogP contribution in [0.1, 0.15) is 24.1 Å². The van der Waals surface area contributed by atoms with Gasteiger partial charge in [-0.25, -0.2) is 0 Å². The first kappa shape index (κ1) is 13.2. The standard InChI is InChI=1S/C13H21NO2/c1-10-4-6-12(7-5-10)13(14)9-16-11(2)8-15-3/h4-7,11,13H,8-9,14H2,1-3H3. The van der Waals surface area contributed by atoms with E-state index in [9.17, 15) is 0 Å². The van der Waals surface area contributed by atoms with Gasteiger partial charge in [0.1, 0.15) is 0 Å². The average molecular weight is 223 g/mol. The van der Waals surface area contributed by atoms with E-state index in [1.54, 1.807) is 7.11 Å². The summed E-state index contributed by atoms with van der Waals surface area (Å²) in [5.74, 6) is 0. The fourth-order valence-electron chi connectivity index (χ4n) is 1.46. The van der Waals surface area contributed by atoms with Crippen LogP contribution in [0, 0.1) is 6.92 Å². The van der Waals surface area contributed by atoms with Crippen LogP contribution in [0.15, 0.2) is 24.3 Å². The molecule has 0 bridgehead atoms. The number of methoxy groups -OCH3 is 1. The molecule has 1 rings (SSSR count). The largest absolute Gasteiger partial charge is 0.382 e. The predicted octanol–water partition coefficient (Wildman–Crippen LogP) is 2.05. The Morgan fingerprint density at radius 2 is 1.81 bits per heavy atom. The maximum absolute atomic E-state index is 6.02. The topological polar surface area (TPSA) is 44.5 Å². The predicted molar refractivity (Wildman–Crippen MR) is 65.4 cm³/mol. The van der Waals surface area contributed by atoms with E-state index in [4.69, 9.17) is 15.2 Å². The maximum atomic E-state index is 6.02. The zero-order chi connectivity index (χ0) is 12.0. The van der Waals surface area contributed by atoms with Crippen LogP contribution in [0.3, 0.4) is 0 Å². The van der Waals surface area contributed by atoms with E-state index in [2.05, 4.69) is 19.1 Å². The monoisotopic (exact) mass is 223 g/mol. The quantitative estimate of drug-likeness (QED) is 0.802. The van der Waals surface area contributed by atoms with E-state index in [0.29, 0.717) is 13.2 Å². The van der Waals surface area contributed by atoms with Gasteiger partial charge < -0.3 is 15.2 Å². The molecular weight excluding hydrogens is 202 g/mol. The van der Waals surface area contributed by atoms with Crippen LogP contribution in [0.5, 0.6) is 0 Å². The Kier molecular flexibility index (Phi) is 5.46. The first-order chi connectivity index (χ1) is 7.63. The Labute approximate surface area is 97.6 Å². The van der Waals surface area contributed by atoms with Crippen molar-refractivity contribution in [3.8, 4) is 0 Å². The summed E-state index contributed by atoms with van der Waals surface area (Å²) in [6.45, 7) is 5.16. The number of aryl methyl sites for hydroxylation is 1. The van der Waals surface area contributed by atoms with Crippen molar-refractivity contribution in [2.75, 3.05) is 20.3 Å². The molecule has 0 aliphatic carbocycles. The number of rotatable bonds is 6. The zero-order valence-electron chi connectivity index (χ0n) is 10.3. The number of hydrogen-bond acceptors (Lipinski definition) is 3. The van der Waals surface area contributed by atoms with Crippen molar-refractivity contribution >= 4 is 0 Å². The van der Waals surface area contributed by atoms with Gasteiger partial charge in [0, 0.05) is 7.11 Å². The highest BCUT2D eigenvalue weighted by Gasteiger charge is 2.08. The fraction of sp³-hybridized carbons (Fsp3) is 0.538. The molecule has 16 heavy (non-hydrogen) atoms. The van der Waals surface area contributed by atoms with Crippen molar-refractivity contribution in [2.45, 2.75) is 26.0 Å². The molecule has 0 aliphatic rings. The first-order valence-electron chi connectivity index (χ1n) is 5.56. The summed E-state index contributed by atoms with van der Waals surface area (Å²) in [4.78, 5) is 0. The number of ether oxygens (including phenoxy) is 2. The third-order valence-electron chi connectivity index (χ3n) is 2.47. The summed E-state index contributed by atoms with van der Waals surface area (Å²) in [5, 5.41) is 0. The molecule has 0 aliphatic heterocycles. The van der Waals surface area contributed by atoms with Gasteiger partial charge >= 0.3 is 0 Å². The molecule has 3 nitrogen and oxygen atoms in total. The van der Waals surface area contributed by atoms with Crippen LogP contribution in [-0.4, -0.2) is 26.4 Å². The van der Waals surface area contributed by atoms with Crippen LogP contribution in [0.4, 0.5) is 0 Å². The summed E-state index contributed by atoms with van der Waals surface area (Å²) in [6.07, 6.45) is 0.0847. The van der Waals surface area contributed by atoms with E-state index < -0.39 is 0 Å². The van der Waals surface area contributed by atoms with Gasteiger partial charge in [-0.15, -0.1) is 0 Å². The van der Waals surface area contributed by atoms with E-state index >= 15 is 0 Å². The van der Waals surface area contributed by atoms with Crippen molar-refractivity contribution < 1.29 is 9.47 Å². The Morgan fingerprint density at radius 3 is 2.38 bits per heavy atom. The minimum atomic E-state index is -0.0695. The van der Waals surface area contributed by atoms with Gasteiger partial charge in [0.15, 0.2) is 0 Å². The molecule has 0 heterocycles. The Balaban J connectivity index is 2.40. The summed E-state index contributed by atoms with van der Waals surface area (Å²) >= 11 is 0. The zero-order valence-corrected chi connectivity index (χ0v) is 10.3. The van der Waals surface area contributed by atoms with Gasteiger partial charge in [-0.2, -0.15) is 0 Å². The molecule has 0 amide bonds. The second-order valence-electron chi connectivity index (χ2n) is 4.12. The Morgan fingerprint density at radius 1 is 1.19 bits per heavy atom. The highest BCUT2D eigenvalue weighted by atomic mass is 16.5. The molecule has 0 radical (unpaired) electrons. The lowest BCUT2D eigenvalue weighted by Crippen LogP contribution is -2.23. The molecule has 0 aromatic heterocycles. The second kappa shape index (κ2) is 6.63. The van der Waals surface area contributed by atoms with E-state index in [1.807, 2.05) is 19.1 Å². The van der Waals surface area contributed by atoms with Gasteiger partial charge in [0.2, 0.25) is 0 Å². The van der Waals surface area contributed by atoms with Crippen molar-refractivity contribution in [3.63, 3.8) is 0 Å². The van der Waals surface area contributed by atoms with E-state index in [-0.39, 0.29) is 12.1 Å². The molecule has 0 spiro atoms. The van der Waals surface area contributed by atoms with Gasteiger partial charge in [0.05, 0.1) is 25.4 Å². The molecule has 2 N–H and O–H groups in total. The molecule has 0 saturated carbocycles. The molecule has 90 valence electrons. The first-order valence-corrected chi connectivity index (χ1v) is 5.56. The van der Waals surface area contributed by atoms with E-state index in [1.165, 1.54) is 5.56 Å². The SMILES string of the molecule is COCC(C)OCC(N)c1ccc(C)cc1. The summed E-state index contributed by atoms with van der Waals surface area (Å²) in [6, 6.07) is 8.15. The van der Waals surface area contributed by atoms with E-state index in [0.717, 1.165) is 5.56 Å². The van der Waals surface area contributed by atoms with Crippen LogP contribution in [0.2, 0.25) is 0 Å². The minimum absolute atomic E-state index is 0.0695. The van der Waals surface area contributed by atoms with Crippen molar-refractivity contribution in [1.82, 2.24) is 0 Å². The van der Waals surface area contributed by atoms with Crippen LogP contribution in [-0.2, 0) is 9.47 Å². The van der Waals surface area contributed by atoms with Gasteiger partial charge in [0.25, 0.3) is 0 Å². The third kappa shape index (κ3) is 4.31. The number of nitrogens with two attached hydrogens (primary N) is 1. The summed E-state index contributed by atoms with van der Waals surface area (Å²) in [7, 11) is 1.67. The fourth-order valence-corrected chi connectivity index (χ4v) is 1.46. The highest BCUT2D eigenvalue weighted by Crippen LogP contribution is 2.12. The summed E-state index contributed by atoms with van der Waals surface area (Å²) in [5.41, 5.74) is 8.37. The number of benzene rings is 1. The molecule has 3 heteroatoms. The van der Waals surface area contributed by atoms with Gasteiger partial charge in [-0.1, -0.05) is 29.8 Å². The van der Waals surface area contributed by atoms with Crippen molar-refractivity contribution in [1.29, 1.82) is 0 Å². The van der Waals surface area contributed by atoms with Crippen molar-refractivity contribution in [3.05, 3.63) is 35.4 Å². The molecule has 1 aromatic rings. The normalized spacial score (nSPS) is 14.8. The summed E-state index contributed by atoms with van der Waals surface area (Å²) < 4.78 is 10.6. The van der Waals surface area contributed by atoms with Gasteiger partial charge in [-0.3, -0.25) is 0 Å². The Hall–Kier alpha value is -0.900. The molecular formula is C13H21NO2.